The normalized spacial score (nSPS) is 13.5. The number of ether oxygens (including phenoxy) is 1. The van der Waals surface area contributed by atoms with Crippen molar-refractivity contribution in [2.24, 2.45) is 5.92 Å². The third-order valence-corrected chi connectivity index (χ3v) is 5.34. The molecule has 6 nitrogen and oxygen atoms in total. The van der Waals surface area contributed by atoms with E-state index in [0.29, 0.717) is 23.7 Å². The van der Waals surface area contributed by atoms with Crippen LogP contribution in [0, 0.1) is 19.8 Å². The minimum atomic E-state index is -0.566. The van der Waals surface area contributed by atoms with Gasteiger partial charge in [-0.05, 0) is 46.1 Å². The van der Waals surface area contributed by atoms with Crippen molar-refractivity contribution in [3.63, 3.8) is 0 Å². The molecule has 1 aromatic heterocycles. The Morgan fingerprint density at radius 2 is 1.83 bits per heavy atom. The fourth-order valence-electron chi connectivity index (χ4n) is 2.39. The fourth-order valence-corrected chi connectivity index (χ4v) is 3.44. The number of hydrogen-bond donors (Lipinski definition) is 1. The Morgan fingerprint density at radius 1 is 1.21 bits per heavy atom. The number of thiophene rings is 1. The van der Waals surface area contributed by atoms with Crippen molar-refractivity contribution in [3.05, 3.63) is 16.0 Å². The van der Waals surface area contributed by atoms with E-state index in [4.69, 9.17) is 4.74 Å². The predicted octanol–water partition coefficient (Wildman–Crippen LogP) is 2.74. The van der Waals surface area contributed by atoms with Gasteiger partial charge in [0.05, 0.1) is 5.56 Å². The van der Waals surface area contributed by atoms with Gasteiger partial charge in [-0.25, -0.2) is 4.79 Å². The van der Waals surface area contributed by atoms with Gasteiger partial charge in [0.25, 0.3) is 5.91 Å². The number of rotatable bonds is 7. The molecule has 0 aliphatic heterocycles. The molecule has 1 fully saturated rings. The number of carbonyl (C=O) groups is 3. The molecule has 0 unspecified atom stereocenters. The Bertz CT molecular complexity index is 645. The summed E-state index contributed by atoms with van der Waals surface area (Å²) in [6.45, 7) is 8.33. The average molecular weight is 352 g/mol. The smallest absolute Gasteiger partial charge is 0.341 e. The third kappa shape index (κ3) is 4.14. The maximum atomic E-state index is 12.4. The monoisotopic (exact) mass is 352 g/mol. The van der Waals surface area contributed by atoms with Crippen molar-refractivity contribution < 1.29 is 19.1 Å². The molecular weight excluding hydrogens is 328 g/mol. The Labute approximate surface area is 146 Å². The number of hydrogen-bond acceptors (Lipinski definition) is 5. The lowest BCUT2D eigenvalue weighted by atomic mass is 10.1. The van der Waals surface area contributed by atoms with Gasteiger partial charge in [-0.2, -0.15) is 0 Å². The Balaban J connectivity index is 2.07. The molecule has 1 N–H and O–H groups in total. The first-order valence-electron chi connectivity index (χ1n) is 8.24. The van der Waals surface area contributed by atoms with Crippen LogP contribution in [0.3, 0.4) is 0 Å². The highest BCUT2D eigenvalue weighted by Gasteiger charge is 2.31. The molecule has 24 heavy (non-hydrogen) atoms. The lowest BCUT2D eigenvalue weighted by Gasteiger charge is -2.18. The molecule has 2 rings (SSSR count). The van der Waals surface area contributed by atoms with E-state index >= 15 is 0 Å². The zero-order chi connectivity index (χ0) is 17.9. The Kier molecular flexibility index (Phi) is 5.99. The summed E-state index contributed by atoms with van der Waals surface area (Å²) in [6.07, 6.45) is 1.79. The maximum Gasteiger partial charge on any atom is 0.341 e. The van der Waals surface area contributed by atoms with Crippen LogP contribution in [0.2, 0.25) is 0 Å². The minimum absolute atomic E-state index is 0.0514. The van der Waals surface area contributed by atoms with Crippen LogP contribution >= 0.6 is 11.3 Å². The number of esters is 1. The number of nitrogens with zero attached hydrogens (tertiary/aromatic N) is 1. The van der Waals surface area contributed by atoms with Gasteiger partial charge in [-0.1, -0.05) is 0 Å². The lowest BCUT2D eigenvalue weighted by molar-refractivity contribution is -0.134. The molecule has 1 saturated carbocycles. The van der Waals surface area contributed by atoms with E-state index in [9.17, 15) is 14.4 Å². The first-order chi connectivity index (χ1) is 11.4. The summed E-state index contributed by atoms with van der Waals surface area (Å²) in [4.78, 5) is 38.9. The summed E-state index contributed by atoms with van der Waals surface area (Å²) in [5.41, 5.74) is 1.14. The van der Waals surface area contributed by atoms with E-state index in [-0.39, 0.29) is 24.3 Å². The van der Waals surface area contributed by atoms with Crippen molar-refractivity contribution in [1.82, 2.24) is 4.90 Å². The molecule has 1 heterocycles. The van der Waals surface area contributed by atoms with Gasteiger partial charge in [0, 0.05) is 23.9 Å². The van der Waals surface area contributed by atoms with E-state index in [1.54, 1.807) is 4.90 Å². The molecule has 7 heteroatoms. The summed E-state index contributed by atoms with van der Waals surface area (Å²) in [5.74, 6) is -0.782. The number of anilines is 1. The van der Waals surface area contributed by atoms with Gasteiger partial charge >= 0.3 is 5.97 Å². The van der Waals surface area contributed by atoms with Gasteiger partial charge in [0.2, 0.25) is 5.91 Å². The van der Waals surface area contributed by atoms with E-state index in [0.717, 1.165) is 23.3 Å². The molecular formula is C17H24N2O4S. The minimum Gasteiger partial charge on any atom is -0.452 e. The van der Waals surface area contributed by atoms with E-state index in [1.165, 1.54) is 11.3 Å². The highest BCUT2D eigenvalue weighted by Crippen LogP contribution is 2.36. The molecule has 0 saturated heterocycles. The van der Waals surface area contributed by atoms with Gasteiger partial charge in [-0.3, -0.25) is 9.59 Å². The van der Waals surface area contributed by atoms with Gasteiger partial charge < -0.3 is 15.0 Å². The zero-order valence-electron chi connectivity index (χ0n) is 14.6. The van der Waals surface area contributed by atoms with E-state index in [2.05, 4.69) is 5.32 Å². The molecule has 1 aliphatic carbocycles. The van der Waals surface area contributed by atoms with Crippen molar-refractivity contribution >= 4 is 34.1 Å². The number of amides is 2. The first kappa shape index (κ1) is 18.4. The average Bonchev–Trinajstić information content (AvgIpc) is 3.35. The third-order valence-electron chi connectivity index (χ3n) is 4.22. The molecule has 0 spiro atoms. The Hall–Kier alpha value is -1.89. The summed E-state index contributed by atoms with van der Waals surface area (Å²) in [5, 5.41) is 3.35. The van der Waals surface area contributed by atoms with Gasteiger partial charge in [0.15, 0.2) is 6.61 Å². The van der Waals surface area contributed by atoms with Crippen LogP contribution in [0.15, 0.2) is 0 Å². The molecule has 1 aromatic rings. The fraction of sp³-hybridized carbons (Fsp3) is 0.588. The Morgan fingerprint density at radius 3 is 2.38 bits per heavy atom. The van der Waals surface area contributed by atoms with E-state index in [1.807, 2.05) is 27.7 Å². The number of carbonyl (C=O) groups excluding carboxylic acids is 3. The lowest BCUT2D eigenvalue weighted by Crippen LogP contribution is -2.34. The maximum absolute atomic E-state index is 12.4. The second-order valence-corrected chi connectivity index (χ2v) is 7.12. The van der Waals surface area contributed by atoms with Crippen LogP contribution in [0.25, 0.3) is 0 Å². The largest absolute Gasteiger partial charge is 0.452 e. The van der Waals surface area contributed by atoms with E-state index < -0.39 is 5.97 Å². The van der Waals surface area contributed by atoms with Crippen molar-refractivity contribution in [3.8, 4) is 0 Å². The molecule has 0 atom stereocenters. The second-order valence-electron chi connectivity index (χ2n) is 5.89. The predicted molar refractivity (Wildman–Crippen MR) is 93.4 cm³/mol. The topological polar surface area (TPSA) is 75.7 Å². The summed E-state index contributed by atoms with van der Waals surface area (Å²) < 4.78 is 5.19. The SMILES string of the molecule is CCN(CC)C(=O)COC(=O)c1c(NC(=O)C2CC2)sc(C)c1C. The quantitative estimate of drug-likeness (QED) is 0.766. The molecule has 132 valence electrons. The van der Waals surface area contributed by atoms with Crippen LogP contribution in [-0.4, -0.2) is 42.4 Å². The standard InChI is InChI=1S/C17H24N2O4S/c1-5-19(6-2)13(20)9-23-17(22)14-10(3)11(4)24-16(14)18-15(21)12-7-8-12/h12H,5-9H2,1-4H3,(H,18,21). The summed E-state index contributed by atoms with van der Waals surface area (Å²) >= 11 is 1.36. The molecule has 0 aromatic carbocycles. The number of nitrogens with one attached hydrogen (secondary N) is 1. The summed E-state index contributed by atoms with van der Waals surface area (Å²) in [7, 11) is 0. The number of likely N-dealkylation sites (N-methyl/N-ethyl adjacent to an activating group) is 1. The van der Waals surface area contributed by atoms with Gasteiger partial charge in [-0.15, -0.1) is 11.3 Å². The van der Waals surface area contributed by atoms with Crippen molar-refractivity contribution in [1.29, 1.82) is 0 Å². The molecule has 0 radical (unpaired) electrons. The highest BCUT2D eigenvalue weighted by atomic mass is 32.1. The zero-order valence-corrected chi connectivity index (χ0v) is 15.4. The van der Waals surface area contributed by atoms with Crippen LogP contribution < -0.4 is 5.32 Å². The molecule has 2 amide bonds. The molecule has 1 aliphatic rings. The van der Waals surface area contributed by atoms with Crippen LogP contribution in [0.1, 0.15) is 47.5 Å². The molecule has 0 bridgehead atoms. The second kappa shape index (κ2) is 7.79. The van der Waals surface area contributed by atoms with Crippen molar-refractivity contribution in [2.75, 3.05) is 25.0 Å². The highest BCUT2D eigenvalue weighted by molar-refractivity contribution is 7.16. The van der Waals surface area contributed by atoms with Gasteiger partial charge in [0.1, 0.15) is 5.00 Å². The number of aryl methyl sites for hydroxylation is 1. The van der Waals surface area contributed by atoms with Crippen LogP contribution in [0.4, 0.5) is 5.00 Å². The van der Waals surface area contributed by atoms with Crippen molar-refractivity contribution in [2.45, 2.75) is 40.5 Å². The summed E-state index contributed by atoms with van der Waals surface area (Å²) in [6, 6.07) is 0. The first-order valence-corrected chi connectivity index (χ1v) is 9.06. The van der Waals surface area contributed by atoms with Crippen LogP contribution in [-0.2, 0) is 14.3 Å². The van der Waals surface area contributed by atoms with Crippen LogP contribution in [0.5, 0.6) is 0 Å².